The summed E-state index contributed by atoms with van der Waals surface area (Å²) in [5.74, 6) is -5.32. The highest BCUT2D eigenvalue weighted by atomic mass is 32.2. The molecule has 0 spiro atoms. The number of aliphatic hydroxyl groups excluding tert-OH is 2. The number of rotatable bonds is 27. The normalized spacial score (nSPS) is 19.9. The van der Waals surface area contributed by atoms with Crippen LogP contribution in [0, 0.1) is 5.41 Å². The molecule has 2 aromatic rings. The molecule has 398 valence electrons. The van der Waals surface area contributed by atoms with Crippen molar-refractivity contribution in [2.75, 3.05) is 50.1 Å². The number of nitrogen functional groups attached to an aromatic ring is 1. The van der Waals surface area contributed by atoms with Crippen LogP contribution < -0.4 is 38.9 Å². The lowest BCUT2D eigenvalue weighted by Crippen LogP contribution is -2.46. The minimum absolute atomic E-state index is 0.0175. The molecule has 0 aliphatic carbocycles. The van der Waals surface area contributed by atoms with Crippen LogP contribution in [-0.2, 0) is 60.3 Å². The Morgan fingerprint density at radius 3 is 2.20 bits per heavy atom. The maximum Gasteiger partial charge on any atom is 0.490 e. The number of halogens is 3. The number of phosphoric acid groups is 3. The average Bonchev–Trinajstić information content (AvgIpc) is 3.79. The Kier molecular flexibility index (Phi) is 23.5. The number of aliphatic carboxylic acids is 1. The van der Waals surface area contributed by atoms with Crippen LogP contribution in [0.3, 0.4) is 0 Å². The monoisotopic (exact) mass is 1090 g/mol. The van der Waals surface area contributed by atoms with Crippen molar-refractivity contribution in [3.05, 3.63) is 12.7 Å². The molecule has 2 unspecified atom stereocenters. The van der Waals surface area contributed by atoms with Gasteiger partial charge >= 0.3 is 35.6 Å². The van der Waals surface area contributed by atoms with E-state index in [1.165, 1.54) is 13.8 Å². The lowest BCUT2D eigenvalue weighted by atomic mass is 9.87. The van der Waals surface area contributed by atoms with Gasteiger partial charge in [0.1, 0.15) is 42.3 Å². The molecule has 1 fully saturated rings. The van der Waals surface area contributed by atoms with Gasteiger partial charge in [0.05, 0.1) is 25.3 Å². The fourth-order valence-electron chi connectivity index (χ4n) is 5.39. The Morgan fingerprint density at radius 1 is 0.986 bits per heavy atom. The van der Waals surface area contributed by atoms with Gasteiger partial charge in [-0.15, -0.1) is 0 Å². The smallest absolute Gasteiger partial charge is 0.475 e. The second-order valence-electron chi connectivity index (χ2n) is 14.9. The number of ether oxygens (including phenoxy) is 1. The number of carbonyl (C=O) groups is 5. The summed E-state index contributed by atoms with van der Waals surface area (Å²) in [6, 6.07) is -0.915. The summed E-state index contributed by atoms with van der Waals surface area (Å²) in [5.41, 5.74) is 20.0. The number of thioether (sulfide) groups is 1. The van der Waals surface area contributed by atoms with E-state index >= 15 is 0 Å². The first-order chi connectivity index (χ1) is 32.2. The predicted molar refractivity (Wildman–Crippen MR) is 232 cm³/mol. The van der Waals surface area contributed by atoms with Crippen LogP contribution in [0.1, 0.15) is 39.3 Å². The number of alkyl halides is 3. The number of hydrogen-bond donors (Lipinski definition) is 14. The highest BCUT2D eigenvalue weighted by Crippen LogP contribution is 2.61. The van der Waals surface area contributed by atoms with Gasteiger partial charge in [-0.25, -0.2) is 33.4 Å². The number of hydrogen-bond acceptors (Lipinski definition) is 21. The van der Waals surface area contributed by atoms with Crippen molar-refractivity contribution in [2.45, 2.75) is 76.0 Å². The Balaban J connectivity index is 0.00000222. The van der Waals surface area contributed by atoms with E-state index in [1.54, 1.807) is 0 Å². The number of fused-ring (bicyclic) bond motifs is 1. The molecule has 1 aliphatic rings. The largest absolute Gasteiger partial charge is 0.490 e. The molecule has 0 aromatic carbocycles. The van der Waals surface area contributed by atoms with Gasteiger partial charge in [-0.3, -0.25) is 42.3 Å². The van der Waals surface area contributed by atoms with Gasteiger partial charge in [0, 0.05) is 37.2 Å². The van der Waals surface area contributed by atoms with Gasteiger partial charge in [0.25, 0.3) is 0 Å². The minimum atomic E-state index is -5.60. The third-order valence-electron chi connectivity index (χ3n) is 8.75. The van der Waals surface area contributed by atoms with Gasteiger partial charge in [-0.2, -0.15) is 29.2 Å². The highest BCUT2D eigenvalue weighted by molar-refractivity contribution is 7.99. The molecule has 2 aromatic heterocycles. The van der Waals surface area contributed by atoms with E-state index in [1.807, 2.05) is 0 Å². The highest BCUT2D eigenvalue weighted by Gasteiger charge is 2.50. The molecular weight excluding hydrogens is 1040 g/mol. The molecule has 18 N–H and O–H groups in total. The first kappa shape index (κ1) is 61.5. The topological polar surface area (TPSA) is 520 Å². The molecule has 39 heteroatoms. The summed E-state index contributed by atoms with van der Waals surface area (Å²) in [6.07, 6.45) is -11.6. The van der Waals surface area contributed by atoms with Crippen LogP contribution in [0.4, 0.5) is 19.0 Å². The van der Waals surface area contributed by atoms with Crippen LogP contribution in [0.15, 0.2) is 17.6 Å². The Morgan fingerprint density at radius 2 is 1.61 bits per heavy atom. The van der Waals surface area contributed by atoms with Crippen molar-refractivity contribution in [1.82, 2.24) is 35.5 Å². The number of nitrogens with zero attached hydrogens (tertiary/aromatic N) is 5. The van der Waals surface area contributed by atoms with E-state index < -0.39 is 115 Å². The number of carbonyl (C=O) groups excluding carboxylic acids is 4. The zero-order chi connectivity index (χ0) is 53.4. The standard InChI is InChI=1S/C29H51N12O18P3S.C2HF3O2/c1-29(2,22(45)26(47)35-7-5-17(42)34-8-9-63-11-18(43)40-15(24(31)46)4-3-6-36-28(32)33)12-56-62(53,54)59-61(51,52)55-10-16-21(58-60(48,49)50)20(44)27(57-16)41-14-39-19-23(30)37-13-38-25(19)41;3-2(4,5)1(6)7/h13-16,20-22,27,44-45H,3-12H2,1-2H3,(H2,31,46)(H,34,42)(H,35,47)(H,40,43)(H,51,52)(H,53,54)(H2,30,37,38)(H4,32,33,36)(H2,48,49,50);(H,6,7)/t15-,16+,20+,21+,22-,27+;/m0./s1. The van der Waals surface area contributed by atoms with Crippen molar-refractivity contribution < 1.29 is 108 Å². The zero-order valence-electron chi connectivity index (χ0n) is 36.6. The van der Waals surface area contributed by atoms with E-state index in [0.29, 0.717) is 12.2 Å². The molecule has 1 aliphatic heterocycles. The van der Waals surface area contributed by atoms with Gasteiger partial charge in [-0.1, -0.05) is 13.8 Å². The summed E-state index contributed by atoms with van der Waals surface area (Å²) >= 11 is 1.16. The fraction of sp³-hybridized carbons (Fsp3) is 0.645. The van der Waals surface area contributed by atoms with Gasteiger partial charge < -0.3 is 78.5 Å². The quantitative estimate of drug-likeness (QED) is 0.0181. The van der Waals surface area contributed by atoms with Crippen molar-refractivity contribution >= 4 is 87.8 Å². The number of nitrogens with one attached hydrogen (secondary N) is 3. The van der Waals surface area contributed by atoms with Crippen LogP contribution in [0.5, 0.6) is 0 Å². The molecule has 0 radical (unpaired) electrons. The number of carboxylic acid groups (broad SMARTS) is 1. The zero-order valence-corrected chi connectivity index (χ0v) is 40.1. The first-order valence-electron chi connectivity index (χ1n) is 19.6. The summed E-state index contributed by atoms with van der Waals surface area (Å²) in [6.45, 7) is 0.530. The molecule has 70 heavy (non-hydrogen) atoms. The minimum Gasteiger partial charge on any atom is -0.475 e. The molecule has 0 saturated carbocycles. The third-order valence-corrected chi connectivity index (χ3v) is 12.8. The number of primary amides is 1. The van der Waals surface area contributed by atoms with Crippen LogP contribution in [-0.4, -0.2) is 171 Å². The number of imidazole rings is 1. The van der Waals surface area contributed by atoms with Crippen molar-refractivity contribution in [1.29, 1.82) is 0 Å². The van der Waals surface area contributed by atoms with Crippen molar-refractivity contribution in [3.63, 3.8) is 0 Å². The predicted octanol–water partition coefficient (Wildman–Crippen LogP) is -3.20. The van der Waals surface area contributed by atoms with Gasteiger partial charge in [0.2, 0.25) is 23.6 Å². The fourth-order valence-corrected chi connectivity index (χ4v) is 8.88. The molecular formula is C31H52F3N12O20P3S. The second kappa shape index (κ2) is 26.7. The molecule has 8 atom stereocenters. The first-order valence-corrected chi connectivity index (χ1v) is 25.2. The lowest BCUT2D eigenvalue weighted by molar-refractivity contribution is -0.192. The Hall–Kier alpha value is -4.64. The number of aliphatic imine (C=N–C) groups is 1. The van der Waals surface area contributed by atoms with E-state index in [2.05, 4.69) is 44.7 Å². The van der Waals surface area contributed by atoms with E-state index in [0.717, 1.165) is 29.0 Å². The number of aromatic nitrogens is 4. The number of amides is 4. The molecule has 4 amide bonds. The number of anilines is 1. The number of carboxylic acids is 1. The maximum absolute atomic E-state index is 12.7. The Bertz CT molecular complexity index is 2310. The summed E-state index contributed by atoms with van der Waals surface area (Å²) < 4.78 is 93.9. The number of aliphatic hydroxyl groups is 2. The van der Waals surface area contributed by atoms with Crippen LogP contribution >= 0.6 is 35.2 Å². The van der Waals surface area contributed by atoms with E-state index in [-0.39, 0.29) is 61.2 Å². The molecule has 32 nitrogen and oxygen atoms in total. The van der Waals surface area contributed by atoms with Gasteiger partial charge in [-0.05, 0) is 12.8 Å². The van der Waals surface area contributed by atoms with Gasteiger partial charge in [0.15, 0.2) is 23.7 Å². The van der Waals surface area contributed by atoms with E-state index in [9.17, 15) is 75.8 Å². The number of phosphoric ester groups is 3. The molecule has 0 bridgehead atoms. The third kappa shape index (κ3) is 21.4. The molecule has 1 saturated heterocycles. The summed E-state index contributed by atoms with van der Waals surface area (Å²) in [4.78, 5) is 112. The molecule has 3 heterocycles. The lowest BCUT2D eigenvalue weighted by Gasteiger charge is -2.30. The van der Waals surface area contributed by atoms with Crippen molar-refractivity contribution in [2.24, 2.45) is 27.6 Å². The average molecular weight is 1090 g/mol. The number of nitrogens with two attached hydrogens (primary N) is 4. The maximum atomic E-state index is 12.7. The summed E-state index contributed by atoms with van der Waals surface area (Å²) in [7, 11) is -16.5. The Labute approximate surface area is 397 Å². The van der Waals surface area contributed by atoms with Crippen molar-refractivity contribution in [3.8, 4) is 0 Å². The van der Waals surface area contributed by atoms with Crippen LogP contribution in [0.2, 0.25) is 0 Å². The second-order valence-corrected chi connectivity index (χ2v) is 20.2. The molecule has 3 rings (SSSR count). The van der Waals surface area contributed by atoms with Crippen LogP contribution in [0.25, 0.3) is 11.2 Å². The SMILES string of the molecule is CC(C)(COP(=O)(O)OP(=O)(O)OC[C@H]1O[C@@H](n2cnc3c(N)ncnc32)[C@H](O)[C@@H]1OP(=O)(O)O)[C@@H](O)C(=O)NCCC(=O)NCCSCC(=O)N[C@@H](CCCN=C(N)N)C(N)=O.O=C(O)C(F)(F)F. The number of guanidine groups is 1. The summed E-state index contributed by atoms with van der Waals surface area (Å²) in [5, 5.41) is 36.0. The van der Waals surface area contributed by atoms with E-state index in [4.69, 9.17) is 46.6 Å².